The average Bonchev–Trinajstić information content (AvgIpc) is 3.39. The lowest BCUT2D eigenvalue weighted by Gasteiger charge is -2.25. The van der Waals surface area contributed by atoms with Crippen molar-refractivity contribution in [1.82, 2.24) is 15.5 Å². The third kappa shape index (κ3) is 5.18. The molecule has 9 heteroatoms. The Hall–Kier alpha value is -3.75. The summed E-state index contributed by atoms with van der Waals surface area (Å²) in [7, 11) is 1.59. The Morgan fingerprint density at radius 3 is 2.54 bits per heavy atom. The first-order valence-corrected chi connectivity index (χ1v) is 11.7. The molecule has 9 nitrogen and oxygen atoms in total. The molecule has 0 aromatic heterocycles. The van der Waals surface area contributed by atoms with Crippen LogP contribution >= 0.6 is 0 Å². The van der Waals surface area contributed by atoms with E-state index in [9.17, 15) is 14.4 Å². The van der Waals surface area contributed by atoms with Crippen LogP contribution in [0.4, 0.5) is 4.79 Å². The van der Waals surface area contributed by atoms with Gasteiger partial charge in [0.2, 0.25) is 12.7 Å². The molecule has 4 amide bonds. The summed E-state index contributed by atoms with van der Waals surface area (Å²) in [6, 6.07) is 12.2. The summed E-state index contributed by atoms with van der Waals surface area (Å²) in [5.41, 5.74) is 0.786. The molecule has 2 atom stereocenters. The lowest BCUT2D eigenvalue weighted by molar-refractivity contribution is -0.135. The van der Waals surface area contributed by atoms with E-state index in [2.05, 4.69) is 10.6 Å². The van der Waals surface area contributed by atoms with Gasteiger partial charge in [-0.25, -0.2) is 4.79 Å². The van der Waals surface area contributed by atoms with Crippen molar-refractivity contribution < 1.29 is 28.6 Å². The quantitative estimate of drug-likeness (QED) is 0.533. The first kappa shape index (κ1) is 24.4. The lowest BCUT2D eigenvalue weighted by Crippen LogP contribution is -2.46. The number of carbonyl (C=O) groups excluding carboxylic acids is 3. The minimum Gasteiger partial charge on any atom is -0.497 e. The molecule has 2 aliphatic heterocycles. The van der Waals surface area contributed by atoms with Crippen LogP contribution in [0, 0.1) is 5.92 Å². The van der Waals surface area contributed by atoms with E-state index >= 15 is 0 Å². The third-order valence-corrected chi connectivity index (χ3v) is 6.46. The topological polar surface area (TPSA) is 106 Å². The monoisotopic (exact) mass is 481 g/mol. The molecule has 35 heavy (non-hydrogen) atoms. The maximum atomic E-state index is 13.1. The van der Waals surface area contributed by atoms with Crippen molar-refractivity contribution in [3.63, 3.8) is 0 Å². The Morgan fingerprint density at radius 2 is 1.86 bits per heavy atom. The van der Waals surface area contributed by atoms with Crippen LogP contribution in [0.5, 0.6) is 17.2 Å². The number of aryl methyl sites for hydroxylation is 1. The maximum absolute atomic E-state index is 13.1. The maximum Gasteiger partial charge on any atom is 0.325 e. The largest absolute Gasteiger partial charge is 0.497 e. The molecule has 4 rings (SSSR count). The van der Waals surface area contributed by atoms with Gasteiger partial charge in [0.25, 0.3) is 5.91 Å². The summed E-state index contributed by atoms with van der Waals surface area (Å²) in [4.78, 5) is 39.6. The molecular weight excluding hydrogens is 450 g/mol. The second kappa shape index (κ2) is 9.85. The molecule has 0 spiro atoms. The summed E-state index contributed by atoms with van der Waals surface area (Å²) >= 11 is 0. The first-order chi connectivity index (χ1) is 16.7. The van der Waals surface area contributed by atoms with Gasteiger partial charge in [-0.2, -0.15) is 0 Å². The molecule has 0 unspecified atom stereocenters. The molecule has 2 aromatic carbocycles. The molecule has 1 fully saturated rings. The molecule has 186 valence electrons. The highest BCUT2D eigenvalue weighted by atomic mass is 16.7. The minimum absolute atomic E-state index is 0.0995. The van der Waals surface area contributed by atoms with Gasteiger partial charge in [-0.1, -0.05) is 32.0 Å². The number of rotatable bonds is 9. The van der Waals surface area contributed by atoms with E-state index in [1.54, 1.807) is 14.0 Å². The number of carbonyl (C=O) groups is 3. The Morgan fingerprint density at radius 1 is 1.14 bits per heavy atom. The van der Waals surface area contributed by atoms with Crippen molar-refractivity contribution in [3.8, 4) is 17.2 Å². The molecule has 2 aliphatic rings. The zero-order valence-electron chi connectivity index (χ0n) is 20.4. The summed E-state index contributed by atoms with van der Waals surface area (Å²) in [5.74, 6) is 1.37. The second-order valence-corrected chi connectivity index (χ2v) is 9.40. The molecule has 2 aromatic rings. The van der Waals surface area contributed by atoms with Crippen LogP contribution in [-0.2, 0) is 16.0 Å². The highest BCUT2D eigenvalue weighted by Crippen LogP contribution is 2.33. The zero-order chi connectivity index (χ0) is 25.2. The van der Waals surface area contributed by atoms with Crippen LogP contribution in [0.1, 0.15) is 44.4 Å². The molecule has 2 heterocycles. The molecule has 0 saturated carbocycles. The standard InChI is InChI=1S/C26H31N3O6/c1-16(2)23(18-6-8-19(33-4)9-7-18)27-22(30)14-29-24(31)26(3,28-25(29)32)12-11-17-5-10-20-21(13-17)35-15-34-20/h5-10,13,16,23H,11-12,14-15H2,1-4H3,(H,27,30)(H,28,32)/t23-,26+/m0/s1. The van der Waals surface area contributed by atoms with Gasteiger partial charge in [-0.05, 0) is 61.1 Å². The van der Waals surface area contributed by atoms with E-state index in [1.807, 2.05) is 56.3 Å². The Labute approximate surface area is 204 Å². The second-order valence-electron chi connectivity index (χ2n) is 9.40. The van der Waals surface area contributed by atoms with Crippen LogP contribution in [0.25, 0.3) is 0 Å². The predicted molar refractivity (Wildman–Crippen MR) is 128 cm³/mol. The highest BCUT2D eigenvalue weighted by Gasteiger charge is 2.48. The number of fused-ring (bicyclic) bond motifs is 1. The smallest absolute Gasteiger partial charge is 0.325 e. The number of amides is 4. The number of methoxy groups -OCH3 is 1. The van der Waals surface area contributed by atoms with Gasteiger partial charge >= 0.3 is 6.03 Å². The van der Waals surface area contributed by atoms with E-state index in [-0.39, 0.29) is 25.3 Å². The van der Waals surface area contributed by atoms with Crippen LogP contribution in [0.15, 0.2) is 42.5 Å². The molecule has 0 radical (unpaired) electrons. The van der Waals surface area contributed by atoms with Crippen LogP contribution in [0.2, 0.25) is 0 Å². The average molecular weight is 482 g/mol. The summed E-state index contributed by atoms with van der Waals surface area (Å²) in [5, 5.41) is 5.73. The molecule has 1 saturated heterocycles. The van der Waals surface area contributed by atoms with Crippen molar-refractivity contribution in [1.29, 1.82) is 0 Å². The molecule has 0 bridgehead atoms. The predicted octanol–water partition coefficient (Wildman–Crippen LogP) is 3.18. The molecular formula is C26H31N3O6. The minimum atomic E-state index is -1.10. The number of benzene rings is 2. The summed E-state index contributed by atoms with van der Waals surface area (Å²) in [6.07, 6.45) is 0.932. The number of hydrogen-bond donors (Lipinski definition) is 2. The van der Waals surface area contributed by atoms with Crippen molar-refractivity contribution >= 4 is 17.8 Å². The first-order valence-electron chi connectivity index (χ1n) is 11.7. The molecule has 0 aliphatic carbocycles. The van der Waals surface area contributed by atoms with Crippen molar-refractivity contribution in [3.05, 3.63) is 53.6 Å². The fraction of sp³-hybridized carbons (Fsp3) is 0.423. The Kier molecular flexibility index (Phi) is 6.86. The normalized spacial score (nSPS) is 19.6. The van der Waals surface area contributed by atoms with Crippen LogP contribution in [-0.4, -0.2) is 48.7 Å². The van der Waals surface area contributed by atoms with E-state index in [4.69, 9.17) is 14.2 Å². The number of nitrogens with zero attached hydrogens (tertiary/aromatic N) is 1. The van der Waals surface area contributed by atoms with Crippen molar-refractivity contribution in [2.45, 2.75) is 45.2 Å². The number of imide groups is 1. The van der Waals surface area contributed by atoms with Gasteiger partial charge in [0.1, 0.15) is 17.8 Å². The lowest BCUT2D eigenvalue weighted by atomic mass is 9.93. The van der Waals surface area contributed by atoms with Crippen LogP contribution < -0.4 is 24.8 Å². The number of ether oxygens (including phenoxy) is 3. The van der Waals surface area contributed by atoms with Gasteiger partial charge < -0.3 is 24.8 Å². The van der Waals surface area contributed by atoms with E-state index in [1.165, 1.54) is 0 Å². The van der Waals surface area contributed by atoms with E-state index in [0.29, 0.717) is 24.3 Å². The fourth-order valence-corrected chi connectivity index (χ4v) is 4.36. The highest BCUT2D eigenvalue weighted by molar-refractivity contribution is 6.08. The van der Waals surface area contributed by atoms with Gasteiger partial charge in [0, 0.05) is 0 Å². The van der Waals surface area contributed by atoms with Crippen molar-refractivity contribution in [2.75, 3.05) is 20.4 Å². The fourth-order valence-electron chi connectivity index (χ4n) is 4.36. The van der Waals surface area contributed by atoms with Crippen LogP contribution in [0.3, 0.4) is 0 Å². The Balaban J connectivity index is 1.38. The third-order valence-electron chi connectivity index (χ3n) is 6.46. The van der Waals surface area contributed by atoms with Gasteiger partial charge in [-0.3, -0.25) is 14.5 Å². The van der Waals surface area contributed by atoms with E-state index < -0.39 is 23.4 Å². The van der Waals surface area contributed by atoms with Crippen molar-refractivity contribution in [2.24, 2.45) is 5.92 Å². The Bertz CT molecular complexity index is 1120. The number of nitrogens with one attached hydrogen (secondary N) is 2. The molecule has 2 N–H and O–H groups in total. The summed E-state index contributed by atoms with van der Waals surface area (Å²) < 4.78 is 15.9. The SMILES string of the molecule is COc1ccc([C@@H](NC(=O)CN2C(=O)N[C@](C)(CCc3ccc4c(c3)OCO4)C2=O)C(C)C)cc1. The number of urea groups is 1. The van der Waals surface area contributed by atoms with E-state index in [0.717, 1.165) is 21.8 Å². The number of hydrogen-bond acceptors (Lipinski definition) is 6. The summed E-state index contributed by atoms with van der Waals surface area (Å²) in [6.45, 7) is 5.53. The van der Waals surface area contributed by atoms with Gasteiger partial charge in [0.05, 0.1) is 13.2 Å². The van der Waals surface area contributed by atoms with Gasteiger partial charge in [-0.15, -0.1) is 0 Å². The zero-order valence-corrected chi connectivity index (χ0v) is 20.4. The van der Waals surface area contributed by atoms with Gasteiger partial charge in [0.15, 0.2) is 11.5 Å².